The Kier molecular flexibility index (Phi) is 4.18. The van der Waals surface area contributed by atoms with Crippen molar-refractivity contribution in [2.24, 2.45) is 5.73 Å². The van der Waals surface area contributed by atoms with Gasteiger partial charge in [0.25, 0.3) is 5.69 Å². The molecule has 8 heteroatoms. The number of nitrogens with zero attached hydrogens (tertiary/aromatic N) is 3. The number of morpholine rings is 1. The first kappa shape index (κ1) is 14.0. The molecule has 1 aromatic rings. The van der Waals surface area contributed by atoms with Crippen LogP contribution in [0.2, 0.25) is 5.02 Å². The molecule has 0 saturated carbocycles. The van der Waals surface area contributed by atoms with Crippen molar-refractivity contribution in [3.8, 4) is 0 Å². The first-order valence-electron chi connectivity index (χ1n) is 5.91. The molecule has 104 valence electrons. The highest BCUT2D eigenvalue weighted by atomic mass is 35.5. The molecule has 2 unspecified atom stereocenters. The number of aromatic nitrogens is 1. The van der Waals surface area contributed by atoms with Gasteiger partial charge in [0.2, 0.25) is 0 Å². The highest BCUT2D eigenvalue weighted by Gasteiger charge is 2.26. The summed E-state index contributed by atoms with van der Waals surface area (Å²) in [6.45, 7) is 3.61. The van der Waals surface area contributed by atoms with E-state index < -0.39 is 4.92 Å². The van der Waals surface area contributed by atoms with Crippen molar-refractivity contribution in [1.29, 1.82) is 0 Å². The molecule has 1 aliphatic rings. The van der Waals surface area contributed by atoms with E-state index in [0.29, 0.717) is 25.5 Å². The van der Waals surface area contributed by atoms with Crippen molar-refractivity contribution in [3.63, 3.8) is 0 Å². The normalized spacial score (nSPS) is 21.2. The molecule has 2 N–H and O–H groups in total. The number of nitrogens with two attached hydrogens (primary N) is 1. The van der Waals surface area contributed by atoms with E-state index in [1.165, 1.54) is 12.3 Å². The van der Waals surface area contributed by atoms with Crippen molar-refractivity contribution in [2.45, 2.75) is 19.1 Å². The monoisotopic (exact) mass is 286 g/mol. The molecule has 0 radical (unpaired) electrons. The van der Waals surface area contributed by atoms with Crippen LogP contribution in [0.4, 0.5) is 11.5 Å². The fourth-order valence-corrected chi connectivity index (χ4v) is 2.22. The van der Waals surface area contributed by atoms with Gasteiger partial charge in [0, 0.05) is 25.2 Å². The fraction of sp³-hybridized carbons (Fsp3) is 0.545. The largest absolute Gasteiger partial charge is 0.373 e. The van der Waals surface area contributed by atoms with Gasteiger partial charge in [0.1, 0.15) is 12.0 Å². The second kappa shape index (κ2) is 5.68. The lowest BCUT2D eigenvalue weighted by Gasteiger charge is -2.35. The molecule has 0 aliphatic carbocycles. The maximum Gasteiger partial charge on any atom is 0.289 e. The third kappa shape index (κ3) is 3.12. The lowest BCUT2D eigenvalue weighted by atomic mass is 10.1. The van der Waals surface area contributed by atoms with Crippen LogP contribution in [0.25, 0.3) is 0 Å². The van der Waals surface area contributed by atoms with Crippen LogP contribution >= 0.6 is 11.6 Å². The third-order valence-electron chi connectivity index (χ3n) is 3.00. The molecule has 1 aromatic heterocycles. The van der Waals surface area contributed by atoms with Gasteiger partial charge in [-0.25, -0.2) is 4.98 Å². The molecule has 7 nitrogen and oxygen atoms in total. The molecular formula is C11H15ClN4O3. The average molecular weight is 287 g/mol. The number of nitro groups is 1. The third-order valence-corrected chi connectivity index (χ3v) is 3.28. The molecule has 2 rings (SSSR count). The van der Waals surface area contributed by atoms with Crippen LogP contribution in [-0.2, 0) is 4.74 Å². The van der Waals surface area contributed by atoms with Gasteiger partial charge >= 0.3 is 0 Å². The molecule has 0 amide bonds. The standard InChI is InChI=1S/C11H15ClN4O3/c1-7(13)10-6-15(2-3-19-10)11-9(12)4-8(5-14-11)16(17)18/h4-5,7,10H,2-3,6,13H2,1H3. The smallest absolute Gasteiger partial charge is 0.289 e. The minimum Gasteiger partial charge on any atom is -0.373 e. The molecule has 1 saturated heterocycles. The fourth-order valence-electron chi connectivity index (χ4n) is 1.94. The Labute approximate surface area is 115 Å². The number of halogens is 1. The number of pyridine rings is 1. The quantitative estimate of drug-likeness (QED) is 0.662. The predicted octanol–water partition coefficient (Wildman–Crippen LogP) is 1.20. The summed E-state index contributed by atoms with van der Waals surface area (Å²) in [7, 11) is 0. The van der Waals surface area contributed by atoms with Crippen LogP contribution < -0.4 is 10.6 Å². The maximum absolute atomic E-state index is 10.6. The number of hydrogen-bond donors (Lipinski definition) is 1. The Bertz CT molecular complexity index is 483. The van der Waals surface area contributed by atoms with E-state index in [-0.39, 0.29) is 22.9 Å². The highest BCUT2D eigenvalue weighted by Crippen LogP contribution is 2.28. The number of ether oxygens (including phenoxy) is 1. The zero-order chi connectivity index (χ0) is 14.0. The zero-order valence-electron chi connectivity index (χ0n) is 10.5. The summed E-state index contributed by atoms with van der Waals surface area (Å²) in [5.74, 6) is 0.529. The first-order valence-corrected chi connectivity index (χ1v) is 6.29. The maximum atomic E-state index is 10.6. The van der Waals surface area contributed by atoms with Crippen molar-refractivity contribution < 1.29 is 9.66 Å². The van der Waals surface area contributed by atoms with Crippen LogP contribution in [0.1, 0.15) is 6.92 Å². The molecular weight excluding hydrogens is 272 g/mol. The van der Waals surface area contributed by atoms with E-state index in [1.807, 2.05) is 11.8 Å². The highest BCUT2D eigenvalue weighted by molar-refractivity contribution is 6.33. The van der Waals surface area contributed by atoms with E-state index in [4.69, 9.17) is 22.1 Å². The molecule has 19 heavy (non-hydrogen) atoms. The topological polar surface area (TPSA) is 94.5 Å². The predicted molar refractivity (Wildman–Crippen MR) is 71.5 cm³/mol. The van der Waals surface area contributed by atoms with Crippen molar-refractivity contribution in [1.82, 2.24) is 4.98 Å². The SMILES string of the molecule is CC(N)C1CN(c2ncc([N+](=O)[O-])cc2Cl)CCO1. The number of rotatable bonds is 3. The molecule has 1 fully saturated rings. The van der Waals surface area contributed by atoms with Gasteiger partial charge in [-0.3, -0.25) is 10.1 Å². The second-order valence-corrected chi connectivity index (χ2v) is 4.88. The summed E-state index contributed by atoms with van der Waals surface area (Å²) in [6.07, 6.45) is 1.11. The van der Waals surface area contributed by atoms with E-state index in [1.54, 1.807) is 0 Å². The van der Waals surface area contributed by atoms with Crippen LogP contribution in [0.5, 0.6) is 0 Å². The van der Waals surface area contributed by atoms with Crippen LogP contribution in [-0.4, -0.2) is 41.7 Å². The van der Waals surface area contributed by atoms with Gasteiger partial charge in [-0.15, -0.1) is 0 Å². The Morgan fingerprint density at radius 1 is 1.74 bits per heavy atom. The number of anilines is 1. The molecule has 2 atom stereocenters. The van der Waals surface area contributed by atoms with Crippen molar-refractivity contribution in [2.75, 3.05) is 24.6 Å². The van der Waals surface area contributed by atoms with Gasteiger partial charge in [-0.1, -0.05) is 11.6 Å². The van der Waals surface area contributed by atoms with E-state index in [2.05, 4.69) is 4.98 Å². The molecule has 2 heterocycles. The van der Waals surface area contributed by atoms with Gasteiger partial charge < -0.3 is 15.4 Å². The Balaban J connectivity index is 2.19. The summed E-state index contributed by atoms with van der Waals surface area (Å²) >= 11 is 6.05. The lowest BCUT2D eigenvalue weighted by molar-refractivity contribution is -0.385. The van der Waals surface area contributed by atoms with Crippen molar-refractivity contribution >= 4 is 23.1 Å². The van der Waals surface area contributed by atoms with Gasteiger partial charge in [0.05, 0.1) is 22.7 Å². The Hall–Kier alpha value is -1.44. The van der Waals surface area contributed by atoms with E-state index in [0.717, 1.165) is 0 Å². The van der Waals surface area contributed by atoms with E-state index >= 15 is 0 Å². The summed E-state index contributed by atoms with van der Waals surface area (Å²) in [4.78, 5) is 16.1. The summed E-state index contributed by atoms with van der Waals surface area (Å²) in [6, 6.07) is 1.21. The lowest BCUT2D eigenvalue weighted by Crippen LogP contribution is -2.50. The van der Waals surface area contributed by atoms with Gasteiger partial charge in [0.15, 0.2) is 0 Å². The van der Waals surface area contributed by atoms with Crippen LogP contribution in [0.3, 0.4) is 0 Å². The van der Waals surface area contributed by atoms with E-state index in [9.17, 15) is 10.1 Å². The summed E-state index contributed by atoms with van der Waals surface area (Å²) in [5, 5.41) is 10.9. The molecule has 0 bridgehead atoms. The Morgan fingerprint density at radius 3 is 3.05 bits per heavy atom. The minimum absolute atomic E-state index is 0.0955. The minimum atomic E-state index is -0.521. The number of hydrogen-bond acceptors (Lipinski definition) is 6. The Morgan fingerprint density at radius 2 is 2.47 bits per heavy atom. The summed E-state index contributed by atoms with van der Waals surface area (Å²) in [5.41, 5.74) is 5.70. The van der Waals surface area contributed by atoms with Crippen LogP contribution in [0.15, 0.2) is 12.3 Å². The average Bonchev–Trinajstić information content (AvgIpc) is 2.38. The van der Waals surface area contributed by atoms with Crippen LogP contribution in [0, 0.1) is 10.1 Å². The summed E-state index contributed by atoms with van der Waals surface area (Å²) < 4.78 is 5.55. The van der Waals surface area contributed by atoms with Gasteiger partial charge in [-0.05, 0) is 6.92 Å². The molecule has 0 aromatic carbocycles. The van der Waals surface area contributed by atoms with Gasteiger partial charge in [-0.2, -0.15) is 0 Å². The van der Waals surface area contributed by atoms with Crippen molar-refractivity contribution in [3.05, 3.63) is 27.4 Å². The molecule has 0 spiro atoms. The zero-order valence-corrected chi connectivity index (χ0v) is 11.2. The second-order valence-electron chi connectivity index (χ2n) is 4.47. The molecule has 1 aliphatic heterocycles. The first-order chi connectivity index (χ1) is 8.99.